The molecule has 1 aromatic rings. The number of hydrogen-bond donors (Lipinski definition) is 1. The van der Waals surface area contributed by atoms with Crippen molar-refractivity contribution >= 4 is 5.69 Å². The summed E-state index contributed by atoms with van der Waals surface area (Å²) in [7, 11) is 0. The molecular formula is C11H12N2O. The highest BCUT2D eigenvalue weighted by Crippen LogP contribution is 2.24. The normalized spacial score (nSPS) is 18.0. The minimum absolute atomic E-state index is 0.470. The number of nitriles is 1. The number of ether oxygens (including phenoxy) is 1. The van der Waals surface area contributed by atoms with Crippen molar-refractivity contribution in [2.45, 2.75) is 12.5 Å². The molecule has 1 aliphatic rings. The molecule has 0 radical (unpaired) electrons. The Balaban J connectivity index is 2.19. The van der Waals surface area contributed by atoms with Gasteiger partial charge in [-0.15, -0.1) is 0 Å². The Kier molecular flexibility index (Phi) is 2.14. The largest absolute Gasteiger partial charge is 0.374 e. The van der Waals surface area contributed by atoms with Crippen LogP contribution in [0.4, 0.5) is 5.69 Å². The molecule has 1 heterocycles. The molecule has 2 rings (SSSR count). The van der Waals surface area contributed by atoms with Crippen LogP contribution in [-0.2, 0) is 4.74 Å². The third kappa shape index (κ3) is 1.45. The average Bonchev–Trinajstić information content (AvgIpc) is 2.14. The van der Waals surface area contributed by atoms with Crippen LogP contribution in [0.5, 0.6) is 0 Å². The quantitative estimate of drug-likeness (QED) is 0.768. The first-order chi connectivity index (χ1) is 6.76. The van der Waals surface area contributed by atoms with Crippen LogP contribution in [0.15, 0.2) is 24.3 Å². The summed E-state index contributed by atoms with van der Waals surface area (Å²) >= 11 is 0. The van der Waals surface area contributed by atoms with Crippen molar-refractivity contribution in [1.82, 2.24) is 0 Å². The molecule has 72 valence electrons. The maximum absolute atomic E-state index is 9.00. The Labute approximate surface area is 83.3 Å². The van der Waals surface area contributed by atoms with Crippen LogP contribution in [0.1, 0.15) is 5.56 Å². The molecule has 1 saturated heterocycles. The zero-order valence-electron chi connectivity index (χ0n) is 8.08. The molecule has 0 spiro atoms. The first kappa shape index (κ1) is 9.04. The van der Waals surface area contributed by atoms with Gasteiger partial charge in [-0.05, 0) is 18.6 Å². The van der Waals surface area contributed by atoms with Crippen LogP contribution in [-0.4, -0.2) is 18.8 Å². The predicted molar refractivity (Wildman–Crippen MR) is 54.0 cm³/mol. The number of aryl methyl sites for hydroxylation is 1. The molecule has 1 fully saturated rings. The Morgan fingerprint density at radius 3 is 2.64 bits per heavy atom. The monoisotopic (exact) mass is 188 g/mol. The van der Waals surface area contributed by atoms with Crippen LogP contribution < -0.4 is 5.32 Å². The smallest absolute Gasteiger partial charge is 0.172 e. The fraction of sp³-hybridized carbons (Fsp3) is 0.364. The Morgan fingerprint density at radius 1 is 1.43 bits per heavy atom. The Hall–Kier alpha value is -1.53. The molecule has 3 nitrogen and oxygen atoms in total. The number of anilines is 1. The zero-order chi connectivity index (χ0) is 10.0. The summed E-state index contributed by atoms with van der Waals surface area (Å²) in [6.07, 6.45) is 0. The molecule has 1 N–H and O–H groups in total. The van der Waals surface area contributed by atoms with E-state index in [1.54, 1.807) is 0 Å². The average molecular weight is 188 g/mol. The van der Waals surface area contributed by atoms with E-state index in [2.05, 4.69) is 11.4 Å². The van der Waals surface area contributed by atoms with Crippen molar-refractivity contribution in [3.05, 3.63) is 29.8 Å². The lowest BCUT2D eigenvalue weighted by Gasteiger charge is -2.36. The van der Waals surface area contributed by atoms with Gasteiger partial charge in [-0.25, -0.2) is 0 Å². The zero-order valence-corrected chi connectivity index (χ0v) is 8.08. The number of hydrogen-bond acceptors (Lipinski definition) is 3. The maximum Gasteiger partial charge on any atom is 0.172 e. The molecule has 1 aromatic carbocycles. The topological polar surface area (TPSA) is 45.0 Å². The fourth-order valence-electron chi connectivity index (χ4n) is 1.44. The second-order valence-corrected chi connectivity index (χ2v) is 3.63. The van der Waals surface area contributed by atoms with E-state index in [0.29, 0.717) is 13.2 Å². The van der Waals surface area contributed by atoms with E-state index >= 15 is 0 Å². The van der Waals surface area contributed by atoms with Crippen molar-refractivity contribution in [2.75, 3.05) is 18.5 Å². The molecule has 3 heteroatoms. The predicted octanol–water partition coefficient (Wildman–Crippen LogP) is 1.70. The number of benzene rings is 1. The van der Waals surface area contributed by atoms with E-state index in [0.717, 1.165) is 11.3 Å². The van der Waals surface area contributed by atoms with Crippen molar-refractivity contribution in [1.29, 1.82) is 5.26 Å². The van der Waals surface area contributed by atoms with E-state index < -0.39 is 5.54 Å². The molecule has 0 unspecified atom stereocenters. The van der Waals surface area contributed by atoms with Gasteiger partial charge < -0.3 is 10.1 Å². The minimum Gasteiger partial charge on any atom is -0.374 e. The number of nitrogens with one attached hydrogen (secondary N) is 1. The Bertz CT molecular complexity index is 377. The van der Waals surface area contributed by atoms with E-state index in [1.807, 2.05) is 31.2 Å². The molecule has 0 aliphatic carbocycles. The molecule has 0 atom stereocenters. The molecule has 14 heavy (non-hydrogen) atoms. The third-order valence-electron chi connectivity index (χ3n) is 2.43. The van der Waals surface area contributed by atoms with E-state index in [1.165, 1.54) is 0 Å². The fourth-order valence-corrected chi connectivity index (χ4v) is 1.44. The summed E-state index contributed by atoms with van der Waals surface area (Å²) in [5.74, 6) is 0. The van der Waals surface area contributed by atoms with Gasteiger partial charge in [0.05, 0.1) is 19.3 Å². The van der Waals surface area contributed by atoms with Gasteiger partial charge in [0.15, 0.2) is 5.54 Å². The highest BCUT2D eigenvalue weighted by molar-refractivity contribution is 5.54. The molecule has 1 aliphatic heterocycles. The second-order valence-electron chi connectivity index (χ2n) is 3.63. The molecule has 0 aromatic heterocycles. The summed E-state index contributed by atoms with van der Waals surface area (Å²) in [6.45, 7) is 2.96. The van der Waals surface area contributed by atoms with Gasteiger partial charge in [-0.1, -0.05) is 18.2 Å². The lowest BCUT2D eigenvalue weighted by atomic mass is 9.98. The molecule has 0 bridgehead atoms. The highest BCUT2D eigenvalue weighted by Gasteiger charge is 2.39. The number of rotatable bonds is 2. The molecule has 0 saturated carbocycles. The van der Waals surface area contributed by atoms with Crippen molar-refractivity contribution in [3.63, 3.8) is 0 Å². The molecule has 0 amide bonds. The highest BCUT2D eigenvalue weighted by atomic mass is 16.5. The van der Waals surface area contributed by atoms with Gasteiger partial charge >= 0.3 is 0 Å². The summed E-state index contributed by atoms with van der Waals surface area (Å²) in [5.41, 5.74) is 1.65. The first-order valence-electron chi connectivity index (χ1n) is 4.59. The van der Waals surface area contributed by atoms with Crippen molar-refractivity contribution in [3.8, 4) is 6.07 Å². The second kappa shape index (κ2) is 3.32. The van der Waals surface area contributed by atoms with Crippen LogP contribution in [0.2, 0.25) is 0 Å². The van der Waals surface area contributed by atoms with Gasteiger partial charge in [-0.3, -0.25) is 0 Å². The van der Waals surface area contributed by atoms with Gasteiger partial charge in [0.1, 0.15) is 0 Å². The minimum atomic E-state index is -0.508. The summed E-state index contributed by atoms with van der Waals surface area (Å²) in [6, 6.07) is 10.2. The number of para-hydroxylation sites is 1. The third-order valence-corrected chi connectivity index (χ3v) is 2.43. The van der Waals surface area contributed by atoms with Crippen LogP contribution in [0.3, 0.4) is 0 Å². The van der Waals surface area contributed by atoms with Crippen molar-refractivity contribution in [2.24, 2.45) is 0 Å². The lowest BCUT2D eigenvalue weighted by molar-refractivity contribution is -0.0132. The van der Waals surface area contributed by atoms with E-state index in [9.17, 15) is 0 Å². The van der Waals surface area contributed by atoms with Gasteiger partial charge in [-0.2, -0.15) is 5.26 Å². The van der Waals surface area contributed by atoms with Gasteiger partial charge in [0.25, 0.3) is 0 Å². The van der Waals surface area contributed by atoms with Crippen LogP contribution in [0.25, 0.3) is 0 Å². The summed E-state index contributed by atoms with van der Waals surface area (Å²) < 4.78 is 5.06. The standard InChI is InChI=1S/C11H12N2O/c1-9-4-2-3-5-10(9)13-11(6-12)7-14-8-11/h2-5,13H,7-8H2,1H3. The number of nitrogens with zero attached hydrogens (tertiary/aromatic N) is 1. The summed E-state index contributed by atoms with van der Waals surface area (Å²) in [4.78, 5) is 0. The SMILES string of the molecule is Cc1ccccc1NC1(C#N)COC1. The van der Waals surface area contributed by atoms with E-state index in [-0.39, 0.29) is 0 Å². The van der Waals surface area contributed by atoms with Crippen LogP contribution in [0, 0.1) is 18.3 Å². The molecular weight excluding hydrogens is 176 g/mol. The lowest BCUT2D eigenvalue weighted by Crippen LogP contribution is -2.54. The van der Waals surface area contributed by atoms with Gasteiger partial charge in [0.2, 0.25) is 0 Å². The maximum atomic E-state index is 9.00. The summed E-state index contributed by atoms with van der Waals surface area (Å²) in [5, 5.41) is 12.2. The van der Waals surface area contributed by atoms with Crippen LogP contribution >= 0.6 is 0 Å². The Morgan fingerprint density at radius 2 is 2.14 bits per heavy atom. The van der Waals surface area contributed by atoms with Gasteiger partial charge in [0, 0.05) is 5.69 Å². The first-order valence-corrected chi connectivity index (χ1v) is 4.59. The van der Waals surface area contributed by atoms with Crippen molar-refractivity contribution < 1.29 is 4.74 Å². The van der Waals surface area contributed by atoms with E-state index in [4.69, 9.17) is 10.00 Å².